The molecule has 5 nitrogen and oxygen atoms in total. The first-order chi connectivity index (χ1) is 9.51. The van der Waals surface area contributed by atoms with Crippen LogP contribution in [0.5, 0.6) is 0 Å². The topological polar surface area (TPSA) is 57.4 Å². The largest absolute Gasteiger partial charge is 0.522 e. The minimum atomic E-state index is -4.58. The maximum absolute atomic E-state index is 12.0. The lowest BCUT2D eigenvalue weighted by molar-refractivity contribution is -0.352. The Morgan fingerprint density at radius 1 is 1.20 bits per heavy atom. The molecule has 1 aliphatic carbocycles. The van der Waals surface area contributed by atoms with Crippen molar-refractivity contribution >= 4 is 0 Å². The van der Waals surface area contributed by atoms with Crippen LogP contribution in [0.15, 0.2) is 4.52 Å². The quantitative estimate of drug-likeness (QED) is 0.856. The molecule has 1 unspecified atom stereocenters. The molecule has 1 saturated carbocycles. The van der Waals surface area contributed by atoms with Crippen LogP contribution in [0, 0.1) is 0 Å². The lowest BCUT2D eigenvalue weighted by atomic mass is 9.82. The molecule has 20 heavy (non-hydrogen) atoms. The first kappa shape index (κ1) is 13.8. The average molecular weight is 292 g/mol. The summed E-state index contributed by atoms with van der Waals surface area (Å²) in [4.78, 5) is 4.25. The molecule has 0 radical (unpaired) electrons. The van der Waals surface area contributed by atoms with E-state index in [9.17, 15) is 13.2 Å². The van der Waals surface area contributed by atoms with E-state index >= 15 is 0 Å². The highest BCUT2D eigenvalue weighted by Crippen LogP contribution is 2.41. The molecule has 2 heterocycles. The number of halogens is 3. The standard InChI is InChI=1S/C12H15F3N2O3/c13-12(14,15)19-8-5-7(6-8)11-16-10(17-20-11)9-3-1-2-4-18-9/h7-9H,1-6H2. The molecule has 1 aromatic heterocycles. The van der Waals surface area contributed by atoms with Crippen LogP contribution in [-0.4, -0.2) is 29.2 Å². The van der Waals surface area contributed by atoms with Gasteiger partial charge in [0.1, 0.15) is 6.10 Å². The average Bonchev–Trinajstić information content (AvgIpc) is 2.82. The van der Waals surface area contributed by atoms with E-state index in [4.69, 9.17) is 9.26 Å². The third-order valence-electron chi connectivity index (χ3n) is 3.67. The van der Waals surface area contributed by atoms with Gasteiger partial charge in [0.25, 0.3) is 0 Å². The van der Waals surface area contributed by atoms with Gasteiger partial charge in [0, 0.05) is 12.5 Å². The number of ether oxygens (including phenoxy) is 2. The summed E-state index contributed by atoms with van der Waals surface area (Å²) in [5.74, 6) is 0.739. The van der Waals surface area contributed by atoms with Crippen molar-refractivity contribution in [2.75, 3.05) is 6.61 Å². The SMILES string of the molecule is FC(F)(F)OC1CC(c2nc(C3CCCCO3)no2)C1. The van der Waals surface area contributed by atoms with Gasteiger partial charge in [0.2, 0.25) is 11.7 Å². The van der Waals surface area contributed by atoms with Gasteiger partial charge >= 0.3 is 6.36 Å². The van der Waals surface area contributed by atoms with Gasteiger partial charge in [-0.25, -0.2) is 0 Å². The van der Waals surface area contributed by atoms with Crippen molar-refractivity contribution in [3.05, 3.63) is 11.7 Å². The number of nitrogens with zero attached hydrogens (tertiary/aromatic N) is 2. The zero-order chi connectivity index (χ0) is 14.2. The zero-order valence-corrected chi connectivity index (χ0v) is 10.7. The van der Waals surface area contributed by atoms with E-state index in [-0.39, 0.29) is 24.9 Å². The summed E-state index contributed by atoms with van der Waals surface area (Å²) in [6.45, 7) is 0.680. The molecule has 1 aromatic rings. The van der Waals surface area contributed by atoms with Gasteiger partial charge in [0.05, 0.1) is 6.10 Å². The predicted molar refractivity (Wildman–Crippen MR) is 59.7 cm³/mol. The number of hydrogen-bond donors (Lipinski definition) is 0. The van der Waals surface area contributed by atoms with E-state index in [0.29, 0.717) is 18.3 Å². The zero-order valence-electron chi connectivity index (χ0n) is 10.7. The van der Waals surface area contributed by atoms with Crippen LogP contribution in [0.1, 0.15) is 55.8 Å². The molecule has 2 fully saturated rings. The number of alkyl halides is 3. The summed E-state index contributed by atoms with van der Waals surface area (Å²) in [6.07, 6.45) is -2.08. The highest BCUT2D eigenvalue weighted by molar-refractivity contribution is 5.03. The Bertz CT molecular complexity index is 451. The Hall–Kier alpha value is -1.15. The van der Waals surface area contributed by atoms with Crippen LogP contribution in [0.2, 0.25) is 0 Å². The summed E-state index contributed by atoms with van der Waals surface area (Å²) in [6, 6.07) is 0. The second-order valence-electron chi connectivity index (χ2n) is 5.20. The highest BCUT2D eigenvalue weighted by atomic mass is 19.4. The first-order valence-electron chi connectivity index (χ1n) is 6.71. The van der Waals surface area contributed by atoms with Crippen LogP contribution in [0.3, 0.4) is 0 Å². The second kappa shape index (κ2) is 5.33. The third kappa shape index (κ3) is 3.12. The smallest absolute Gasteiger partial charge is 0.370 e. The van der Waals surface area contributed by atoms with Gasteiger partial charge in [-0.2, -0.15) is 4.98 Å². The summed E-state index contributed by atoms with van der Waals surface area (Å²) < 4.78 is 50.6. The fraction of sp³-hybridized carbons (Fsp3) is 0.833. The monoisotopic (exact) mass is 292 g/mol. The highest BCUT2D eigenvalue weighted by Gasteiger charge is 2.42. The van der Waals surface area contributed by atoms with E-state index in [2.05, 4.69) is 14.9 Å². The molecule has 0 N–H and O–H groups in total. The van der Waals surface area contributed by atoms with E-state index in [1.54, 1.807) is 0 Å². The van der Waals surface area contributed by atoms with Crippen molar-refractivity contribution in [3.8, 4) is 0 Å². The van der Waals surface area contributed by atoms with Crippen molar-refractivity contribution in [2.24, 2.45) is 0 Å². The van der Waals surface area contributed by atoms with Crippen molar-refractivity contribution in [2.45, 2.75) is 56.6 Å². The summed E-state index contributed by atoms with van der Waals surface area (Å²) in [7, 11) is 0. The van der Waals surface area contributed by atoms with Gasteiger partial charge in [-0.05, 0) is 32.1 Å². The fourth-order valence-corrected chi connectivity index (χ4v) is 2.54. The Kier molecular flexibility index (Phi) is 3.68. The van der Waals surface area contributed by atoms with Gasteiger partial charge < -0.3 is 9.26 Å². The van der Waals surface area contributed by atoms with E-state index in [0.717, 1.165) is 19.3 Å². The van der Waals surface area contributed by atoms with E-state index in [1.807, 2.05) is 0 Å². The van der Waals surface area contributed by atoms with Crippen LogP contribution in [-0.2, 0) is 9.47 Å². The van der Waals surface area contributed by atoms with Crippen molar-refractivity contribution < 1.29 is 27.2 Å². The second-order valence-corrected chi connectivity index (χ2v) is 5.20. The molecule has 8 heteroatoms. The molecule has 1 aliphatic heterocycles. The predicted octanol–water partition coefficient (Wildman–Crippen LogP) is 3.09. The first-order valence-corrected chi connectivity index (χ1v) is 6.71. The van der Waals surface area contributed by atoms with Crippen molar-refractivity contribution in [3.63, 3.8) is 0 Å². The maximum atomic E-state index is 12.0. The van der Waals surface area contributed by atoms with Crippen LogP contribution >= 0.6 is 0 Å². The lowest BCUT2D eigenvalue weighted by Gasteiger charge is -2.32. The molecule has 0 amide bonds. The Labute approximate surface area is 113 Å². The molecule has 1 saturated heterocycles. The molecular formula is C12H15F3N2O3. The molecule has 2 aliphatic rings. The van der Waals surface area contributed by atoms with Gasteiger partial charge in [-0.3, -0.25) is 4.74 Å². The number of aromatic nitrogens is 2. The van der Waals surface area contributed by atoms with E-state index in [1.165, 1.54) is 0 Å². The van der Waals surface area contributed by atoms with Crippen LogP contribution < -0.4 is 0 Å². The van der Waals surface area contributed by atoms with Crippen molar-refractivity contribution in [1.82, 2.24) is 10.1 Å². The molecule has 112 valence electrons. The summed E-state index contributed by atoms with van der Waals surface area (Å²) in [5, 5.41) is 3.87. The minimum Gasteiger partial charge on any atom is -0.370 e. The summed E-state index contributed by atoms with van der Waals surface area (Å²) >= 11 is 0. The van der Waals surface area contributed by atoms with Crippen molar-refractivity contribution in [1.29, 1.82) is 0 Å². The molecule has 0 bridgehead atoms. The Balaban J connectivity index is 1.53. The number of hydrogen-bond acceptors (Lipinski definition) is 5. The maximum Gasteiger partial charge on any atom is 0.522 e. The van der Waals surface area contributed by atoms with Gasteiger partial charge in [-0.15, -0.1) is 13.2 Å². The Morgan fingerprint density at radius 3 is 2.65 bits per heavy atom. The molecule has 3 rings (SSSR count). The van der Waals surface area contributed by atoms with Crippen LogP contribution in [0.25, 0.3) is 0 Å². The molecule has 0 aromatic carbocycles. The van der Waals surface area contributed by atoms with E-state index < -0.39 is 12.5 Å². The molecule has 1 atom stereocenters. The third-order valence-corrected chi connectivity index (χ3v) is 3.67. The van der Waals surface area contributed by atoms with Crippen LogP contribution in [0.4, 0.5) is 13.2 Å². The lowest BCUT2D eigenvalue weighted by Crippen LogP contribution is -2.34. The normalized spacial score (nSPS) is 31.1. The molecule has 0 spiro atoms. The Morgan fingerprint density at radius 2 is 2.00 bits per heavy atom. The van der Waals surface area contributed by atoms with Gasteiger partial charge in [-0.1, -0.05) is 5.16 Å². The minimum absolute atomic E-state index is 0.146. The van der Waals surface area contributed by atoms with Gasteiger partial charge in [0.15, 0.2) is 0 Å². The fourth-order valence-electron chi connectivity index (χ4n) is 2.54. The number of rotatable bonds is 3. The summed E-state index contributed by atoms with van der Waals surface area (Å²) in [5.41, 5.74) is 0. The molecular weight excluding hydrogens is 277 g/mol.